The Morgan fingerprint density at radius 1 is 1.53 bits per heavy atom. The third-order valence-electron chi connectivity index (χ3n) is 2.78. The number of ketones is 1. The lowest BCUT2D eigenvalue weighted by Crippen LogP contribution is -2.37. The fourth-order valence-electron chi connectivity index (χ4n) is 2.01. The zero-order valence-corrected chi connectivity index (χ0v) is 8.16. The maximum atomic E-state index is 11.5. The zero-order valence-electron chi connectivity index (χ0n) is 8.16. The lowest BCUT2D eigenvalue weighted by atomic mass is 10.0. The lowest BCUT2D eigenvalue weighted by molar-refractivity contribution is -0.156. The molecule has 1 aromatic heterocycles. The van der Waals surface area contributed by atoms with Crippen LogP contribution in [0.4, 0.5) is 0 Å². The van der Waals surface area contributed by atoms with E-state index in [4.69, 9.17) is 9.47 Å². The maximum absolute atomic E-state index is 11.5. The number of tetrazole rings is 1. The predicted molar refractivity (Wildman–Crippen MR) is 45.8 cm³/mol. The van der Waals surface area contributed by atoms with Gasteiger partial charge in [-0.15, -0.1) is 5.10 Å². The number of hydrogen-bond acceptors (Lipinski definition) is 6. The Morgan fingerprint density at radius 2 is 2.40 bits per heavy atom. The van der Waals surface area contributed by atoms with E-state index in [2.05, 4.69) is 15.5 Å². The molecule has 7 heteroatoms. The van der Waals surface area contributed by atoms with Crippen molar-refractivity contribution >= 4 is 5.78 Å². The van der Waals surface area contributed by atoms with Gasteiger partial charge >= 0.3 is 0 Å². The first-order valence-corrected chi connectivity index (χ1v) is 4.80. The molecule has 0 spiro atoms. The second-order valence-corrected chi connectivity index (χ2v) is 3.75. The second kappa shape index (κ2) is 3.07. The summed E-state index contributed by atoms with van der Waals surface area (Å²) >= 11 is 0. The summed E-state index contributed by atoms with van der Waals surface area (Å²) in [6.07, 6.45) is -0.403. The highest BCUT2D eigenvalue weighted by molar-refractivity contribution is 5.83. The van der Waals surface area contributed by atoms with Crippen molar-refractivity contribution in [2.75, 3.05) is 6.61 Å². The Morgan fingerprint density at radius 3 is 3.13 bits per heavy atom. The number of aryl methyl sites for hydroxylation is 1. The Bertz CT molecular complexity index is 404. The molecule has 80 valence electrons. The van der Waals surface area contributed by atoms with Crippen molar-refractivity contribution < 1.29 is 14.3 Å². The van der Waals surface area contributed by atoms with Gasteiger partial charge < -0.3 is 9.47 Å². The Labute approximate surface area is 85.3 Å². The highest BCUT2D eigenvalue weighted by Crippen LogP contribution is 2.32. The maximum Gasteiger partial charge on any atom is 0.218 e. The summed E-state index contributed by atoms with van der Waals surface area (Å²) < 4.78 is 12.2. The van der Waals surface area contributed by atoms with E-state index < -0.39 is 6.29 Å². The van der Waals surface area contributed by atoms with Crippen molar-refractivity contribution in [1.82, 2.24) is 20.2 Å². The molecule has 3 rings (SSSR count). The lowest BCUT2D eigenvalue weighted by Gasteiger charge is -2.26. The van der Waals surface area contributed by atoms with Crippen LogP contribution in [0.5, 0.6) is 0 Å². The predicted octanol–water partition coefficient (Wildman–Crippen LogP) is -0.763. The molecule has 0 aromatic carbocycles. The number of Topliss-reactive ketones (excluding diaryl/α,β-unsaturated/α-hetero) is 1. The van der Waals surface area contributed by atoms with Crippen LogP contribution in [-0.4, -0.2) is 45.0 Å². The summed E-state index contributed by atoms with van der Waals surface area (Å²) in [5, 5.41) is 11.2. The molecule has 0 amide bonds. The minimum atomic E-state index is -0.664. The minimum absolute atomic E-state index is 0.0383. The van der Waals surface area contributed by atoms with Crippen LogP contribution in [-0.2, 0) is 14.3 Å². The van der Waals surface area contributed by atoms with E-state index in [9.17, 15) is 4.79 Å². The average molecular weight is 210 g/mol. The van der Waals surface area contributed by atoms with E-state index in [0.717, 1.165) is 0 Å². The van der Waals surface area contributed by atoms with Gasteiger partial charge in [-0.25, -0.2) is 4.68 Å². The SMILES string of the molecule is Cc1nnnn1[C@@H]1CC(=O)[C@@H]2OC[C@@H]1O2. The number of fused-ring (bicyclic) bond motifs is 2. The van der Waals surface area contributed by atoms with Gasteiger partial charge in [0, 0.05) is 6.42 Å². The number of rotatable bonds is 1. The van der Waals surface area contributed by atoms with Crippen molar-refractivity contribution in [3.05, 3.63) is 5.82 Å². The smallest absolute Gasteiger partial charge is 0.218 e. The van der Waals surface area contributed by atoms with Gasteiger partial charge in [-0.2, -0.15) is 0 Å². The summed E-state index contributed by atoms with van der Waals surface area (Å²) in [7, 11) is 0. The normalized spacial score (nSPS) is 34.7. The first-order chi connectivity index (χ1) is 7.25. The van der Waals surface area contributed by atoms with E-state index in [1.54, 1.807) is 11.6 Å². The van der Waals surface area contributed by atoms with Crippen LogP contribution in [0.25, 0.3) is 0 Å². The fraction of sp³-hybridized carbons (Fsp3) is 0.750. The summed E-state index contributed by atoms with van der Waals surface area (Å²) in [4.78, 5) is 11.5. The van der Waals surface area contributed by atoms with Gasteiger partial charge in [0.2, 0.25) is 6.29 Å². The molecule has 2 aliphatic heterocycles. The molecule has 2 aliphatic rings. The van der Waals surface area contributed by atoms with Gasteiger partial charge in [0.15, 0.2) is 5.78 Å². The monoisotopic (exact) mass is 210 g/mol. The molecule has 3 heterocycles. The number of carbonyl (C=O) groups excluding carboxylic acids is 1. The molecule has 0 N–H and O–H groups in total. The molecule has 15 heavy (non-hydrogen) atoms. The molecular formula is C8H10N4O3. The minimum Gasteiger partial charge on any atom is -0.343 e. The van der Waals surface area contributed by atoms with Crippen LogP contribution in [0.3, 0.4) is 0 Å². The van der Waals surface area contributed by atoms with E-state index in [1.165, 1.54) is 0 Å². The Balaban J connectivity index is 1.93. The highest BCUT2D eigenvalue weighted by atomic mass is 16.7. The third-order valence-corrected chi connectivity index (χ3v) is 2.78. The van der Waals surface area contributed by atoms with Crippen molar-refractivity contribution in [1.29, 1.82) is 0 Å². The molecule has 2 bridgehead atoms. The third kappa shape index (κ3) is 1.27. The molecular weight excluding hydrogens is 200 g/mol. The Hall–Kier alpha value is -1.34. The molecule has 3 atom stereocenters. The van der Waals surface area contributed by atoms with Crippen LogP contribution >= 0.6 is 0 Å². The molecule has 0 radical (unpaired) electrons. The topological polar surface area (TPSA) is 79.1 Å². The average Bonchev–Trinajstić information content (AvgIpc) is 2.80. The van der Waals surface area contributed by atoms with Crippen LogP contribution in [0, 0.1) is 6.92 Å². The van der Waals surface area contributed by atoms with E-state index in [0.29, 0.717) is 18.9 Å². The van der Waals surface area contributed by atoms with Gasteiger partial charge in [0.25, 0.3) is 0 Å². The largest absolute Gasteiger partial charge is 0.343 e. The number of carbonyl (C=O) groups is 1. The van der Waals surface area contributed by atoms with Crippen molar-refractivity contribution in [3.8, 4) is 0 Å². The summed E-state index contributed by atoms with van der Waals surface area (Å²) in [5.74, 6) is 0.644. The first-order valence-electron chi connectivity index (χ1n) is 4.80. The molecule has 0 aliphatic carbocycles. The first kappa shape index (κ1) is 8.93. The van der Waals surface area contributed by atoms with Crippen molar-refractivity contribution in [2.45, 2.75) is 31.8 Å². The van der Waals surface area contributed by atoms with Crippen molar-refractivity contribution in [2.24, 2.45) is 0 Å². The number of nitrogens with zero attached hydrogens (tertiary/aromatic N) is 4. The second-order valence-electron chi connectivity index (χ2n) is 3.75. The zero-order chi connectivity index (χ0) is 10.4. The molecule has 7 nitrogen and oxygen atoms in total. The van der Waals surface area contributed by atoms with Gasteiger partial charge in [-0.05, 0) is 17.4 Å². The van der Waals surface area contributed by atoms with Crippen LogP contribution < -0.4 is 0 Å². The summed E-state index contributed by atoms with van der Waals surface area (Å²) in [6.45, 7) is 2.23. The van der Waals surface area contributed by atoms with E-state index >= 15 is 0 Å². The van der Waals surface area contributed by atoms with Crippen molar-refractivity contribution in [3.63, 3.8) is 0 Å². The van der Waals surface area contributed by atoms with Crippen LogP contribution in [0.1, 0.15) is 18.3 Å². The number of aromatic nitrogens is 4. The Kier molecular flexibility index (Phi) is 1.83. The van der Waals surface area contributed by atoms with Crippen LogP contribution in [0.15, 0.2) is 0 Å². The number of ether oxygens (including phenoxy) is 2. The van der Waals surface area contributed by atoms with Gasteiger partial charge in [0.1, 0.15) is 11.9 Å². The van der Waals surface area contributed by atoms with Gasteiger partial charge in [-0.1, -0.05) is 0 Å². The standard InChI is InChI=1S/C8H10N4O3/c1-4-9-10-11-12(4)5-2-6(13)8-14-3-7(5)15-8/h5,7-8H,2-3H2,1H3/t5-,7+,8-/m1/s1. The van der Waals surface area contributed by atoms with E-state index in [1.807, 2.05) is 0 Å². The highest BCUT2D eigenvalue weighted by Gasteiger charge is 2.44. The molecule has 2 fully saturated rings. The van der Waals surface area contributed by atoms with Gasteiger partial charge in [-0.3, -0.25) is 4.79 Å². The molecule has 2 saturated heterocycles. The number of hydrogen-bond donors (Lipinski definition) is 0. The summed E-state index contributed by atoms with van der Waals surface area (Å²) in [6, 6.07) is -0.133. The fourth-order valence-corrected chi connectivity index (χ4v) is 2.01. The molecule has 0 saturated carbocycles. The van der Waals surface area contributed by atoms with Crippen LogP contribution in [0.2, 0.25) is 0 Å². The molecule has 0 unspecified atom stereocenters. The summed E-state index contributed by atoms with van der Waals surface area (Å²) in [5.41, 5.74) is 0. The van der Waals surface area contributed by atoms with E-state index in [-0.39, 0.29) is 17.9 Å². The quantitative estimate of drug-likeness (QED) is 0.606. The van der Waals surface area contributed by atoms with Gasteiger partial charge in [0.05, 0.1) is 12.6 Å². The molecule has 1 aromatic rings.